The molecule has 2 nitrogen and oxygen atoms in total. The molecule has 0 aliphatic carbocycles. The molecule has 0 spiro atoms. The van der Waals surface area contributed by atoms with Gasteiger partial charge < -0.3 is 4.90 Å². The molecule has 2 heterocycles. The van der Waals surface area contributed by atoms with E-state index in [0.717, 1.165) is 11.8 Å². The van der Waals surface area contributed by atoms with Gasteiger partial charge in [0.25, 0.3) is 0 Å². The van der Waals surface area contributed by atoms with Crippen molar-refractivity contribution in [1.29, 1.82) is 0 Å². The van der Waals surface area contributed by atoms with Gasteiger partial charge >= 0.3 is 0 Å². The second kappa shape index (κ2) is 4.82. The van der Waals surface area contributed by atoms with Crippen molar-refractivity contribution < 1.29 is 0 Å². The van der Waals surface area contributed by atoms with Crippen LogP contribution in [0.5, 0.6) is 0 Å². The van der Waals surface area contributed by atoms with Crippen molar-refractivity contribution in [3.63, 3.8) is 0 Å². The Morgan fingerprint density at radius 3 is 2.79 bits per heavy atom. The van der Waals surface area contributed by atoms with Crippen molar-refractivity contribution in [3.05, 3.63) is 0 Å². The number of likely N-dealkylation sites (tertiary alicyclic amines) is 2. The second-order valence-corrected chi connectivity index (χ2v) is 5.17. The SMILES string of the molecule is CN1CCC(CN2CCC[C@@H]2CCl)C1. The Bertz CT molecular complexity index is 186. The van der Waals surface area contributed by atoms with E-state index in [0.29, 0.717) is 6.04 Å². The molecule has 0 radical (unpaired) electrons. The van der Waals surface area contributed by atoms with Crippen LogP contribution in [0.4, 0.5) is 0 Å². The van der Waals surface area contributed by atoms with Crippen LogP contribution >= 0.6 is 11.6 Å². The summed E-state index contributed by atoms with van der Waals surface area (Å²) >= 11 is 5.96. The highest BCUT2D eigenvalue weighted by atomic mass is 35.5. The third kappa shape index (κ3) is 2.41. The van der Waals surface area contributed by atoms with Crippen LogP contribution in [0.15, 0.2) is 0 Å². The Kier molecular flexibility index (Phi) is 3.69. The molecule has 0 aromatic carbocycles. The lowest BCUT2D eigenvalue weighted by Gasteiger charge is -2.25. The fourth-order valence-electron chi connectivity index (χ4n) is 2.82. The van der Waals surface area contributed by atoms with Crippen molar-refractivity contribution in [1.82, 2.24) is 9.80 Å². The van der Waals surface area contributed by atoms with Crippen molar-refractivity contribution >= 4 is 11.6 Å². The normalized spacial score (nSPS) is 35.6. The molecule has 2 aliphatic heterocycles. The van der Waals surface area contributed by atoms with Crippen molar-refractivity contribution in [2.24, 2.45) is 5.92 Å². The Balaban J connectivity index is 1.79. The van der Waals surface area contributed by atoms with Gasteiger partial charge in [0, 0.05) is 25.0 Å². The fraction of sp³-hybridized carbons (Fsp3) is 1.00. The third-order valence-electron chi connectivity index (χ3n) is 3.66. The minimum atomic E-state index is 0.669. The molecule has 0 aromatic rings. The lowest BCUT2D eigenvalue weighted by atomic mass is 10.1. The first-order chi connectivity index (χ1) is 6.79. The van der Waals surface area contributed by atoms with Crippen LogP contribution in [-0.2, 0) is 0 Å². The number of halogens is 1. The average Bonchev–Trinajstić information content (AvgIpc) is 2.76. The van der Waals surface area contributed by atoms with Gasteiger partial charge in [-0.05, 0) is 45.3 Å². The van der Waals surface area contributed by atoms with E-state index in [1.807, 2.05) is 0 Å². The monoisotopic (exact) mass is 216 g/mol. The van der Waals surface area contributed by atoms with Crippen LogP contribution in [0.2, 0.25) is 0 Å². The summed E-state index contributed by atoms with van der Waals surface area (Å²) in [6, 6.07) is 0.669. The maximum absolute atomic E-state index is 5.96. The van der Waals surface area contributed by atoms with Crippen LogP contribution in [0.3, 0.4) is 0 Å². The van der Waals surface area contributed by atoms with Crippen molar-refractivity contribution in [2.75, 3.05) is 39.1 Å². The summed E-state index contributed by atoms with van der Waals surface area (Å²) in [6.45, 7) is 5.12. The van der Waals surface area contributed by atoms with E-state index < -0.39 is 0 Å². The minimum Gasteiger partial charge on any atom is -0.306 e. The summed E-state index contributed by atoms with van der Waals surface area (Å²) < 4.78 is 0. The van der Waals surface area contributed by atoms with E-state index in [1.54, 1.807) is 0 Å². The molecular formula is C11H21ClN2. The summed E-state index contributed by atoms with van der Waals surface area (Å²) in [5.41, 5.74) is 0. The third-order valence-corrected chi connectivity index (χ3v) is 4.02. The topological polar surface area (TPSA) is 6.48 Å². The molecule has 1 unspecified atom stereocenters. The molecule has 2 atom stereocenters. The van der Waals surface area contributed by atoms with Gasteiger partial charge in [-0.15, -0.1) is 11.6 Å². The standard InChI is InChI=1S/C11H21ClN2/c1-13-6-4-10(8-13)9-14-5-2-3-11(14)7-12/h10-11H,2-9H2,1H3/t10?,11-/m1/s1. The van der Waals surface area contributed by atoms with E-state index in [-0.39, 0.29) is 0 Å². The highest BCUT2D eigenvalue weighted by molar-refractivity contribution is 6.18. The predicted molar refractivity (Wildman–Crippen MR) is 60.9 cm³/mol. The fourth-order valence-corrected chi connectivity index (χ4v) is 3.17. The van der Waals surface area contributed by atoms with Gasteiger partial charge in [-0.1, -0.05) is 0 Å². The number of rotatable bonds is 3. The van der Waals surface area contributed by atoms with Crippen LogP contribution < -0.4 is 0 Å². The molecule has 0 saturated carbocycles. The molecule has 0 aromatic heterocycles. The van der Waals surface area contributed by atoms with Gasteiger partial charge in [-0.2, -0.15) is 0 Å². The highest BCUT2D eigenvalue weighted by Gasteiger charge is 2.28. The second-order valence-electron chi connectivity index (χ2n) is 4.86. The van der Waals surface area contributed by atoms with E-state index in [9.17, 15) is 0 Å². The number of hydrogen-bond acceptors (Lipinski definition) is 2. The first-order valence-corrected chi connectivity index (χ1v) is 6.31. The first kappa shape index (κ1) is 10.7. The predicted octanol–water partition coefficient (Wildman–Crippen LogP) is 1.64. The largest absolute Gasteiger partial charge is 0.306 e. The molecule has 14 heavy (non-hydrogen) atoms. The zero-order chi connectivity index (χ0) is 9.97. The zero-order valence-corrected chi connectivity index (χ0v) is 9.84. The van der Waals surface area contributed by atoms with Gasteiger partial charge in [-0.25, -0.2) is 0 Å². The van der Waals surface area contributed by atoms with Crippen LogP contribution in [0.25, 0.3) is 0 Å². The number of alkyl halides is 1. The summed E-state index contributed by atoms with van der Waals surface area (Å²) in [7, 11) is 2.23. The van der Waals surface area contributed by atoms with Crippen LogP contribution in [-0.4, -0.2) is 54.9 Å². The molecule has 0 bridgehead atoms. The van der Waals surface area contributed by atoms with E-state index >= 15 is 0 Å². The van der Waals surface area contributed by atoms with Gasteiger partial charge in [0.15, 0.2) is 0 Å². The molecule has 2 saturated heterocycles. The summed E-state index contributed by atoms with van der Waals surface area (Å²) in [4.78, 5) is 5.05. The summed E-state index contributed by atoms with van der Waals surface area (Å²) in [5, 5.41) is 0. The van der Waals surface area contributed by atoms with Gasteiger partial charge in [0.1, 0.15) is 0 Å². The van der Waals surface area contributed by atoms with Gasteiger partial charge in [0.05, 0.1) is 0 Å². The van der Waals surface area contributed by atoms with E-state index in [2.05, 4.69) is 16.8 Å². The van der Waals surface area contributed by atoms with E-state index in [1.165, 1.54) is 45.4 Å². The lowest BCUT2D eigenvalue weighted by molar-refractivity contribution is 0.227. The molecule has 2 aliphatic rings. The van der Waals surface area contributed by atoms with Crippen molar-refractivity contribution in [3.8, 4) is 0 Å². The Hall–Kier alpha value is 0.210. The molecule has 2 fully saturated rings. The number of nitrogens with zero attached hydrogens (tertiary/aromatic N) is 2. The molecule has 0 N–H and O–H groups in total. The van der Waals surface area contributed by atoms with Crippen LogP contribution in [0.1, 0.15) is 19.3 Å². The minimum absolute atomic E-state index is 0.669. The molecule has 82 valence electrons. The molecule has 2 rings (SSSR count). The van der Waals surface area contributed by atoms with E-state index in [4.69, 9.17) is 11.6 Å². The molecule has 0 amide bonds. The maximum Gasteiger partial charge on any atom is 0.0379 e. The lowest BCUT2D eigenvalue weighted by Crippen LogP contribution is -2.35. The average molecular weight is 217 g/mol. The van der Waals surface area contributed by atoms with Gasteiger partial charge in [-0.3, -0.25) is 4.90 Å². The number of hydrogen-bond donors (Lipinski definition) is 0. The quantitative estimate of drug-likeness (QED) is 0.662. The molecule has 3 heteroatoms. The van der Waals surface area contributed by atoms with Crippen molar-refractivity contribution in [2.45, 2.75) is 25.3 Å². The summed E-state index contributed by atoms with van der Waals surface area (Å²) in [5.74, 6) is 1.71. The highest BCUT2D eigenvalue weighted by Crippen LogP contribution is 2.23. The van der Waals surface area contributed by atoms with Crippen LogP contribution in [0, 0.1) is 5.92 Å². The van der Waals surface area contributed by atoms with Gasteiger partial charge in [0.2, 0.25) is 0 Å². The smallest absolute Gasteiger partial charge is 0.0379 e. The Labute approximate surface area is 92.2 Å². The zero-order valence-electron chi connectivity index (χ0n) is 9.08. The first-order valence-electron chi connectivity index (χ1n) is 5.78. The molecular weight excluding hydrogens is 196 g/mol. The summed E-state index contributed by atoms with van der Waals surface area (Å²) in [6.07, 6.45) is 4.04. The maximum atomic E-state index is 5.96. The Morgan fingerprint density at radius 2 is 2.14 bits per heavy atom. The Morgan fingerprint density at radius 1 is 1.29 bits per heavy atom.